The number of ether oxygens (including phenoxy) is 3. The molecule has 3 aromatic carbocycles. The zero-order chi connectivity index (χ0) is 22.2. The fourth-order valence-corrected chi connectivity index (χ4v) is 3.26. The summed E-state index contributed by atoms with van der Waals surface area (Å²) in [7, 11) is 3.29. The highest BCUT2D eigenvalue weighted by Crippen LogP contribution is 2.27. The molecule has 0 spiro atoms. The van der Waals surface area contributed by atoms with Gasteiger partial charge >= 0.3 is 6.01 Å². The van der Waals surface area contributed by atoms with Crippen molar-refractivity contribution in [3.63, 3.8) is 0 Å². The number of nitrogens with one attached hydrogen (secondary N) is 1. The predicted molar refractivity (Wildman–Crippen MR) is 128 cm³/mol. The van der Waals surface area contributed by atoms with Gasteiger partial charge in [0, 0.05) is 6.54 Å². The summed E-state index contributed by atoms with van der Waals surface area (Å²) in [5.41, 5.74) is 3.19. The van der Waals surface area contributed by atoms with Crippen molar-refractivity contribution in [2.45, 2.75) is 13.0 Å². The molecule has 0 bridgehead atoms. The van der Waals surface area contributed by atoms with Crippen LogP contribution in [0.1, 0.15) is 11.1 Å². The van der Waals surface area contributed by atoms with Crippen molar-refractivity contribution in [2.24, 2.45) is 0 Å². The fraction of sp³-hybridized carbons (Fsp3) is 0.208. The first kappa shape index (κ1) is 24.0. The van der Waals surface area contributed by atoms with Gasteiger partial charge in [-0.05, 0) is 70.9 Å². The Morgan fingerprint density at radius 3 is 2.30 bits per heavy atom. The van der Waals surface area contributed by atoms with Gasteiger partial charge in [0.1, 0.15) is 5.75 Å². The molecule has 172 valence electrons. The third kappa shape index (κ3) is 6.21. The van der Waals surface area contributed by atoms with Crippen LogP contribution in [0.4, 0.5) is 0 Å². The molecule has 0 aliphatic carbocycles. The maximum atomic E-state index is 5.87. The lowest BCUT2D eigenvalue weighted by Gasteiger charge is -2.10. The Morgan fingerprint density at radius 1 is 0.848 bits per heavy atom. The first-order valence-corrected chi connectivity index (χ1v) is 10.3. The highest BCUT2D eigenvalue weighted by atomic mass is 35.5. The normalized spacial score (nSPS) is 10.4. The van der Waals surface area contributed by atoms with E-state index in [1.54, 1.807) is 18.9 Å². The molecule has 0 aliphatic heterocycles. The van der Waals surface area contributed by atoms with Crippen LogP contribution < -0.4 is 19.5 Å². The molecule has 4 aromatic rings. The van der Waals surface area contributed by atoms with E-state index in [9.17, 15) is 0 Å². The van der Waals surface area contributed by atoms with Crippen LogP contribution in [-0.4, -0.2) is 41.0 Å². The number of rotatable bonds is 10. The summed E-state index contributed by atoms with van der Waals surface area (Å²) in [6, 6.07) is 23.8. The molecule has 33 heavy (non-hydrogen) atoms. The smallest absolute Gasteiger partial charge is 0.345 e. The van der Waals surface area contributed by atoms with Gasteiger partial charge in [0.25, 0.3) is 0 Å². The van der Waals surface area contributed by atoms with Crippen LogP contribution in [0.15, 0.2) is 72.8 Å². The zero-order valence-electron chi connectivity index (χ0n) is 18.5. The Hall–Kier alpha value is -3.62. The van der Waals surface area contributed by atoms with Crippen molar-refractivity contribution in [1.29, 1.82) is 0 Å². The maximum Gasteiger partial charge on any atom is 0.345 e. The summed E-state index contributed by atoms with van der Waals surface area (Å²) in [5.74, 6) is 2.16. The van der Waals surface area contributed by atoms with Crippen LogP contribution in [0, 0.1) is 0 Å². The number of halogens is 1. The lowest BCUT2D eigenvalue weighted by Crippen LogP contribution is -2.16. The lowest BCUT2D eigenvalue weighted by molar-refractivity contribution is 0.354. The van der Waals surface area contributed by atoms with Crippen LogP contribution in [0.3, 0.4) is 0 Å². The maximum absolute atomic E-state index is 5.87. The summed E-state index contributed by atoms with van der Waals surface area (Å²) in [6.45, 7) is 1.61. The number of benzene rings is 3. The van der Waals surface area contributed by atoms with Gasteiger partial charge in [-0.2, -0.15) is 4.68 Å². The van der Waals surface area contributed by atoms with E-state index in [-0.39, 0.29) is 12.4 Å². The number of hydrogen-bond donors (Lipinski definition) is 1. The zero-order valence-corrected chi connectivity index (χ0v) is 19.3. The molecule has 1 heterocycles. The molecule has 0 atom stereocenters. The van der Waals surface area contributed by atoms with Crippen molar-refractivity contribution in [3.8, 4) is 28.9 Å². The highest BCUT2D eigenvalue weighted by Gasteiger charge is 2.10. The van der Waals surface area contributed by atoms with Gasteiger partial charge < -0.3 is 19.5 Å². The minimum absolute atomic E-state index is 0. The lowest BCUT2D eigenvalue weighted by atomic mass is 10.1. The molecule has 0 aliphatic rings. The average molecular weight is 468 g/mol. The number of para-hydroxylation sites is 1. The van der Waals surface area contributed by atoms with Gasteiger partial charge in [-0.25, -0.2) is 0 Å². The SMILES string of the molecule is COc1ccc(CCNCc2ccc(Oc3nnnn3-c3ccccc3)cc2)cc1OC.Cl. The van der Waals surface area contributed by atoms with E-state index in [1.807, 2.05) is 66.7 Å². The molecule has 1 aromatic heterocycles. The second-order valence-corrected chi connectivity index (χ2v) is 7.07. The summed E-state index contributed by atoms with van der Waals surface area (Å²) in [6.07, 6.45) is 0.893. The molecule has 8 nitrogen and oxygen atoms in total. The second-order valence-electron chi connectivity index (χ2n) is 7.07. The molecular formula is C24H26ClN5O3. The molecule has 0 saturated carbocycles. The van der Waals surface area contributed by atoms with E-state index < -0.39 is 0 Å². The van der Waals surface area contributed by atoms with Crippen molar-refractivity contribution in [2.75, 3.05) is 20.8 Å². The molecular weight excluding hydrogens is 442 g/mol. The topological polar surface area (TPSA) is 83.3 Å². The van der Waals surface area contributed by atoms with E-state index in [4.69, 9.17) is 14.2 Å². The molecule has 0 amide bonds. The number of nitrogens with zero attached hydrogens (tertiary/aromatic N) is 4. The summed E-state index contributed by atoms with van der Waals surface area (Å²) in [4.78, 5) is 0. The van der Waals surface area contributed by atoms with E-state index in [2.05, 4.69) is 26.9 Å². The molecule has 4 rings (SSSR count). The molecule has 0 unspecified atom stereocenters. The monoisotopic (exact) mass is 467 g/mol. The summed E-state index contributed by atoms with van der Waals surface area (Å²) in [5, 5.41) is 15.2. The Bertz CT molecular complexity index is 1140. The quantitative estimate of drug-likeness (QED) is 0.349. The van der Waals surface area contributed by atoms with Crippen LogP contribution in [0.2, 0.25) is 0 Å². The second kappa shape index (κ2) is 11.8. The van der Waals surface area contributed by atoms with Crippen LogP contribution in [0.25, 0.3) is 5.69 Å². The average Bonchev–Trinajstić information content (AvgIpc) is 3.31. The Labute approximate surface area is 198 Å². The Morgan fingerprint density at radius 2 is 1.58 bits per heavy atom. The van der Waals surface area contributed by atoms with Crippen molar-refractivity contribution < 1.29 is 14.2 Å². The van der Waals surface area contributed by atoms with Crippen LogP contribution in [-0.2, 0) is 13.0 Å². The first-order chi connectivity index (χ1) is 15.8. The van der Waals surface area contributed by atoms with E-state index in [0.29, 0.717) is 11.8 Å². The molecule has 9 heteroatoms. The minimum Gasteiger partial charge on any atom is -0.493 e. The standard InChI is InChI=1S/C24H25N5O3.ClH/c1-30-22-13-10-18(16-23(22)31-2)14-15-25-17-19-8-11-21(12-9-19)32-24-26-27-28-29(24)20-6-4-3-5-7-20;/h3-13,16,25H,14-15,17H2,1-2H3;1H. The van der Waals surface area contributed by atoms with E-state index >= 15 is 0 Å². The van der Waals surface area contributed by atoms with Gasteiger partial charge in [-0.3, -0.25) is 0 Å². The Balaban J connectivity index is 0.00000306. The summed E-state index contributed by atoms with van der Waals surface area (Å²) < 4.78 is 18.1. The number of tetrazole rings is 1. The molecule has 0 saturated heterocycles. The van der Waals surface area contributed by atoms with Crippen LogP contribution >= 0.6 is 12.4 Å². The number of methoxy groups -OCH3 is 2. The third-order valence-electron chi connectivity index (χ3n) is 4.94. The van der Waals surface area contributed by atoms with E-state index in [1.165, 1.54) is 5.56 Å². The molecule has 1 N–H and O–H groups in total. The minimum atomic E-state index is 0. The number of hydrogen-bond acceptors (Lipinski definition) is 7. The van der Waals surface area contributed by atoms with Gasteiger partial charge in [0.15, 0.2) is 11.5 Å². The highest BCUT2D eigenvalue weighted by molar-refractivity contribution is 5.85. The van der Waals surface area contributed by atoms with E-state index in [0.717, 1.165) is 42.3 Å². The van der Waals surface area contributed by atoms with Crippen LogP contribution in [0.5, 0.6) is 23.3 Å². The van der Waals surface area contributed by atoms with Crippen molar-refractivity contribution in [1.82, 2.24) is 25.5 Å². The van der Waals surface area contributed by atoms with Crippen molar-refractivity contribution >= 4 is 12.4 Å². The number of aromatic nitrogens is 4. The predicted octanol–water partition coefficient (Wildman–Crippen LogP) is 4.23. The van der Waals surface area contributed by atoms with Crippen molar-refractivity contribution in [3.05, 3.63) is 83.9 Å². The molecule has 0 fully saturated rings. The Kier molecular flexibility index (Phi) is 8.63. The molecule has 0 radical (unpaired) electrons. The van der Waals surface area contributed by atoms with Gasteiger partial charge in [0.2, 0.25) is 0 Å². The van der Waals surface area contributed by atoms with Gasteiger partial charge in [-0.15, -0.1) is 12.4 Å². The largest absolute Gasteiger partial charge is 0.493 e. The first-order valence-electron chi connectivity index (χ1n) is 10.3. The van der Waals surface area contributed by atoms with Gasteiger partial charge in [0.05, 0.1) is 19.9 Å². The summed E-state index contributed by atoms with van der Waals surface area (Å²) >= 11 is 0. The third-order valence-corrected chi connectivity index (χ3v) is 4.94. The van der Waals surface area contributed by atoms with Gasteiger partial charge in [-0.1, -0.05) is 41.5 Å². The fourth-order valence-electron chi connectivity index (χ4n) is 3.26.